The van der Waals surface area contributed by atoms with E-state index in [1.54, 1.807) is 12.1 Å². The first kappa shape index (κ1) is 13.2. The average Bonchev–Trinajstić information content (AvgIpc) is 2.60. The number of para-hydroxylation sites is 1. The first-order valence-electron chi connectivity index (χ1n) is 6.08. The molecule has 0 spiro atoms. The lowest BCUT2D eigenvalue weighted by Crippen LogP contribution is -2.49. The molecule has 1 heterocycles. The highest BCUT2D eigenvalue weighted by Crippen LogP contribution is 2.39. The number of hydrogen-bond acceptors (Lipinski definition) is 2. The van der Waals surface area contributed by atoms with Crippen LogP contribution in [0.4, 0.5) is 18.9 Å². The molecular weight excluding hydrogens is 241 g/mol. The number of anilines is 1. The summed E-state index contributed by atoms with van der Waals surface area (Å²) >= 11 is 0. The van der Waals surface area contributed by atoms with Gasteiger partial charge < -0.3 is 10.6 Å². The summed E-state index contributed by atoms with van der Waals surface area (Å²) in [6, 6.07) is 5.66. The molecule has 0 amide bonds. The predicted molar refractivity (Wildman–Crippen MR) is 65.6 cm³/mol. The normalized spacial score (nSPS) is 20.9. The molecule has 0 saturated carbocycles. The highest BCUT2D eigenvalue weighted by Gasteiger charge is 2.46. The van der Waals surface area contributed by atoms with Gasteiger partial charge in [0.25, 0.3) is 0 Å². The van der Waals surface area contributed by atoms with Gasteiger partial charge in [-0.2, -0.15) is 13.2 Å². The largest absolute Gasteiger partial charge is 0.408 e. The number of rotatable bonds is 3. The van der Waals surface area contributed by atoms with Crippen molar-refractivity contribution in [2.75, 3.05) is 11.4 Å². The molecule has 2 N–H and O–H groups in total. The van der Waals surface area contributed by atoms with E-state index in [-0.39, 0.29) is 19.0 Å². The van der Waals surface area contributed by atoms with Crippen molar-refractivity contribution < 1.29 is 13.2 Å². The summed E-state index contributed by atoms with van der Waals surface area (Å²) in [6.45, 7) is 1.87. The lowest BCUT2D eigenvalue weighted by atomic mass is 10.1. The topological polar surface area (TPSA) is 29.3 Å². The third-order valence-electron chi connectivity index (χ3n) is 3.41. The molecule has 0 fully saturated rings. The van der Waals surface area contributed by atoms with E-state index in [1.807, 2.05) is 19.1 Å². The van der Waals surface area contributed by atoms with Crippen LogP contribution in [0.3, 0.4) is 0 Å². The fourth-order valence-corrected chi connectivity index (χ4v) is 2.68. The van der Waals surface area contributed by atoms with Crippen molar-refractivity contribution in [3.63, 3.8) is 0 Å². The van der Waals surface area contributed by atoms with Gasteiger partial charge in [0.15, 0.2) is 0 Å². The number of nitrogens with two attached hydrogens (primary N) is 1. The maximum absolute atomic E-state index is 13.1. The van der Waals surface area contributed by atoms with Crippen molar-refractivity contribution in [1.29, 1.82) is 0 Å². The Labute approximate surface area is 105 Å². The SMILES string of the molecule is CC1Cc2ccccc2N1C(CCN)C(F)(F)F. The molecule has 1 aromatic rings. The Morgan fingerprint density at radius 1 is 1.39 bits per heavy atom. The Morgan fingerprint density at radius 3 is 2.67 bits per heavy atom. The summed E-state index contributed by atoms with van der Waals surface area (Å²) < 4.78 is 39.4. The van der Waals surface area contributed by atoms with Gasteiger partial charge in [0.1, 0.15) is 6.04 Å². The summed E-state index contributed by atoms with van der Waals surface area (Å²) in [5.74, 6) is 0. The number of hydrogen-bond donors (Lipinski definition) is 1. The Hall–Kier alpha value is -1.23. The van der Waals surface area contributed by atoms with Gasteiger partial charge in [0, 0.05) is 11.7 Å². The fourth-order valence-electron chi connectivity index (χ4n) is 2.68. The molecule has 2 rings (SSSR count). The highest BCUT2D eigenvalue weighted by atomic mass is 19.4. The number of benzene rings is 1. The first-order chi connectivity index (χ1) is 8.45. The molecule has 2 atom stereocenters. The molecule has 0 bridgehead atoms. The second kappa shape index (κ2) is 4.80. The molecule has 100 valence electrons. The van der Waals surface area contributed by atoms with Gasteiger partial charge in [0.05, 0.1) is 0 Å². The van der Waals surface area contributed by atoms with Crippen LogP contribution in [0.1, 0.15) is 18.9 Å². The molecule has 1 aromatic carbocycles. The molecule has 0 radical (unpaired) electrons. The van der Waals surface area contributed by atoms with Crippen LogP contribution in [0.2, 0.25) is 0 Å². The molecule has 0 aromatic heterocycles. The molecular formula is C13H17F3N2. The minimum absolute atomic E-state index is 0.0373. The van der Waals surface area contributed by atoms with Gasteiger partial charge in [0.2, 0.25) is 0 Å². The Morgan fingerprint density at radius 2 is 2.06 bits per heavy atom. The molecule has 0 aliphatic carbocycles. The van der Waals surface area contributed by atoms with Crippen molar-refractivity contribution in [2.24, 2.45) is 5.73 Å². The number of halogens is 3. The minimum Gasteiger partial charge on any atom is -0.356 e. The van der Waals surface area contributed by atoms with Crippen LogP contribution in [0.25, 0.3) is 0 Å². The molecule has 1 aliphatic rings. The fraction of sp³-hybridized carbons (Fsp3) is 0.538. The second-order valence-corrected chi connectivity index (χ2v) is 4.72. The minimum atomic E-state index is -4.24. The maximum atomic E-state index is 13.1. The van der Waals surface area contributed by atoms with Crippen LogP contribution in [-0.4, -0.2) is 24.8 Å². The van der Waals surface area contributed by atoms with Gasteiger partial charge in [-0.05, 0) is 37.9 Å². The molecule has 2 unspecified atom stereocenters. The third-order valence-corrected chi connectivity index (χ3v) is 3.41. The van der Waals surface area contributed by atoms with Gasteiger partial charge in [-0.3, -0.25) is 0 Å². The Kier molecular flexibility index (Phi) is 3.52. The van der Waals surface area contributed by atoms with Crippen LogP contribution >= 0.6 is 0 Å². The zero-order valence-electron chi connectivity index (χ0n) is 10.2. The number of nitrogens with zero attached hydrogens (tertiary/aromatic N) is 1. The van der Waals surface area contributed by atoms with E-state index in [1.165, 1.54) is 4.90 Å². The lowest BCUT2D eigenvalue weighted by Gasteiger charge is -2.35. The zero-order chi connectivity index (χ0) is 13.3. The van der Waals surface area contributed by atoms with Crippen LogP contribution in [0, 0.1) is 0 Å². The summed E-state index contributed by atoms with van der Waals surface area (Å²) in [5.41, 5.74) is 7.01. The number of alkyl halides is 3. The molecule has 0 saturated heterocycles. The molecule has 18 heavy (non-hydrogen) atoms. The first-order valence-corrected chi connectivity index (χ1v) is 6.08. The van der Waals surface area contributed by atoms with Crippen LogP contribution < -0.4 is 10.6 Å². The maximum Gasteiger partial charge on any atom is 0.408 e. The Balaban J connectivity index is 2.36. The van der Waals surface area contributed by atoms with Gasteiger partial charge >= 0.3 is 6.18 Å². The van der Waals surface area contributed by atoms with E-state index >= 15 is 0 Å². The predicted octanol–water partition coefficient (Wildman–Crippen LogP) is 2.72. The van der Waals surface area contributed by atoms with Gasteiger partial charge in [-0.25, -0.2) is 0 Å². The summed E-state index contributed by atoms with van der Waals surface area (Å²) in [5, 5.41) is 0. The smallest absolute Gasteiger partial charge is 0.356 e. The van der Waals surface area contributed by atoms with Crippen LogP contribution in [-0.2, 0) is 6.42 Å². The summed E-state index contributed by atoms with van der Waals surface area (Å²) in [4.78, 5) is 1.47. The van der Waals surface area contributed by atoms with Crippen molar-refractivity contribution in [3.8, 4) is 0 Å². The molecule has 1 aliphatic heterocycles. The molecule has 2 nitrogen and oxygen atoms in total. The highest BCUT2D eigenvalue weighted by molar-refractivity contribution is 5.60. The second-order valence-electron chi connectivity index (χ2n) is 4.72. The monoisotopic (exact) mass is 258 g/mol. The van der Waals surface area contributed by atoms with Gasteiger partial charge in [-0.15, -0.1) is 0 Å². The summed E-state index contributed by atoms with van der Waals surface area (Å²) in [6.07, 6.45) is -3.65. The van der Waals surface area contributed by atoms with E-state index in [9.17, 15) is 13.2 Å². The van der Waals surface area contributed by atoms with E-state index in [4.69, 9.17) is 5.73 Å². The molecule has 5 heteroatoms. The van der Waals surface area contributed by atoms with Gasteiger partial charge in [-0.1, -0.05) is 18.2 Å². The van der Waals surface area contributed by atoms with E-state index < -0.39 is 12.2 Å². The van der Waals surface area contributed by atoms with Crippen molar-refractivity contribution >= 4 is 5.69 Å². The number of fused-ring (bicyclic) bond motifs is 1. The lowest BCUT2D eigenvalue weighted by molar-refractivity contribution is -0.150. The van der Waals surface area contributed by atoms with Crippen LogP contribution in [0.5, 0.6) is 0 Å². The van der Waals surface area contributed by atoms with E-state index in [0.717, 1.165) is 5.56 Å². The quantitative estimate of drug-likeness (QED) is 0.903. The average molecular weight is 258 g/mol. The Bertz CT molecular complexity index is 417. The summed E-state index contributed by atoms with van der Waals surface area (Å²) in [7, 11) is 0. The van der Waals surface area contributed by atoms with Crippen molar-refractivity contribution in [2.45, 2.75) is 38.0 Å². The third kappa shape index (κ3) is 2.32. The zero-order valence-corrected chi connectivity index (χ0v) is 10.2. The van der Waals surface area contributed by atoms with E-state index in [2.05, 4.69) is 0 Å². The van der Waals surface area contributed by atoms with Crippen molar-refractivity contribution in [1.82, 2.24) is 0 Å². The van der Waals surface area contributed by atoms with E-state index in [0.29, 0.717) is 12.1 Å². The standard InChI is InChI=1S/C13H17F3N2/c1-9-8-10-4-2-3-5-11(10)18(9)12(6-7-17)13(14,15)16/h2-5,9,12H,6-8,17H2,1H3. The van der Waals surface area contributed by atoms with Crippen molar-refractivity contribution in [3.05, 3.63) is 29.8 Å². The van der Waals surface area contributed by atoms with Crippen LogP contribution in [0.15, 0.2) is 24.3 Å².